The van der Waals surface area contributed by atoms with Crippen molar-refractivity contribution < 1.29 is 17.9 Å². The number of piperidine rings is 1. The normalized spacial score (nSPS) is 15.9. The van der Waals surface area contributed by atoms with E-state index in [0.717, 1.165) is 16.6 Å². The maximum atomic E-state index is 12.9. The van der Waals surface area contributed by atoms with Gasteiger partial charge in [0.1, 0.15) is 5.75 Å². The third kappa shape index (κ3) is 3.80. The molecule has 2 aromatic carbocycles. The van der Waals surface area contributed by atoms with Gasteiger partial charge < -0.3 is 15.0 Å². The molecule has 1 aliphatic heterocycles. The fourth-order valence-electron chi connectivity index (χ4n) is 3.96. The number of carbonyl (C=O) groups is 1. The van der Waals surface area contributed by atoms with Crippen molar-refractivity contribution in [3.63, 3.8) is 0 Å². The Labute approximate surface area is 176 Å². The van der Waals surface area contributed by atoms with Crippen LogP contribution in [0.5, 0.6) is 5.75 Å². The third-order valence-corrected chi connectivity index (χ3v) is 7.52. The largest absolute Gasteiger partial charge is 0.497 e. The molecule has 0 atom stereocenters. The van der Waals surface area contributed by atoms with E-state index in [2.05, 4.69) is 10.3 Å². The van der Waals surface area contributed by atoms with E-state index in [1.165, 1.54) is 4.31 Å². The van der Waals surface area contributed by atoms with Gasteiger partial charge in [-0.25, -0.2) is 8.42 Å². The molecule has 2 heterocycles. The minimum atomic E-state index is -3.56. The number of aryl methyl sites for hydroxylation is 1. The lowest BCUT2D eigenvalue weighted by molar-refractivity contribution is 0.0925. The van der Waals surface area contributed by atoms with Gasteiger partial charge in [0.2, 0.25) is 10.0 Å². The highest BCUT2D eigenvalue weighted by atomic mass is 32.2. The first-order valence-corrected chi connectivity index (χ1v) is 11.4. The summed E-state index contributed by atoms with van der Waals surface area (Å²) in [6, 6.07) is 14.1. The molecule has 0 radical (unpaired) electrons. The van der Waals surface area contributed by atoms with E-state index in [4.69, 9.17) is 4.74 Å². The number of benzene rings is 2. The summed E-state index contributed by atoms with van der Waals surface area (Å²) in [5, 5.41) is 3.98. The predicted molar refractivity (Wildman–Crippen MR) is 115 cm³/mol. The van der Waals surface area contributed by atoms with Crippen molar-refractivity contribution in [1.82, 2.24) is 14.6 Å². The highest BCUT2D eigenvalue weighted by Crippen LogP contribution is 2.25. The molecule has 1 saturated heterocycles. The first-order chi connectivity index (χ1) is 14.4. The lowest BCUT2D eigenvalue weighted by Crippen LogP contribution is -2.46. The van der Waals surface area contributed by atoms with Gasteiger partial charge in [-0.15, -0.1) is 0 Å². The number of nitrogens with one attached hydrogen (secondary N) is 2. The number of methoxy groups -OCH3 is 1. The molecule has 1 aromatic heterocycles. The highest BCUT2D eigenvalue weighted by molar-refractivity contribution is 7.89. The molecule has 0 spiro atoms. The number of hydrogen-bond acceptors (Lipinski definition) is 4. The number of rotatable bonds is 5. The van der Waals surface area contributed by atoms with E-state index >= 15 is 0 Å². The highest BCUT2D eigenvalue weighted by Gasteiger charge is 2.30. The number of H-pyrrole nitrogens is 1. The molecule has 0 aliphatic carbocycles. The predicted octanol–water partition coefficient (Wildman–Crippen LogP) is 3.07. The number of amides is 1. The van der Waals surface area contributed by atoms with Crippen LogP contribution >= 0.6 is 0 Å². The average Bonchev–Trinajstić information content (AvgIpc) is 3.10. The van der Waals surface area contributed by atoms with Crippen LogP contribution in [0, 0.1) is 6.92 Å². The van der Waals surface area contributed by atoms with E-state index in [9.17, 15) is 13.2 Å². The van der Waals surface area contributed by atoms with E-state index in [0.29, 0.717) is 37.2 Å². The Morgan fingerprint density at radius 1 is 1.10 bits per heavy atom. The van der Waals surface area contributed by atoms with Crippen LogP contribution in [0.1, 0.15) is 28.9 Å². The zero-order valence-corrected chi connectivity index (χ0v) is 17.8. The summed E-state index contributed by atoms with van der Waals surface area (Å²) in [6.45, 7) is 2.62. The Balaban J connectivity index is 1.41. The summed E-state index contributed by atoms with van der Waals surface area (Å²) in [4.78, 5) is 16.4. The van der Waals surface area contributed by atoms with E-state index in [1.54, 1.807) is 31.4 Å². The lowest BCUT2D eigenvalue weighted by Gasteiger charge is -2.31. The summed E-state index contributed by atoms with van der Waals surface area (Å²) in [6.07, 6.45) is 1.14. The van der Waals surface area contributed by atoms with Crippen LogP contribution < -0.4 is 10.1 Å². The van der Waals surface area contributed by atoms with Crippen LogP contribution in [0.15, 0.2) is 53.4 Å². The zero-order valence-electron chi connectivity index (χ0n) is 17.0. The monoisotopic (exact) mass is 427 g/mol. The molecule has 1 fully saturated rings. The maximum Gasteiger partial charge on any atom is 0.253 e. The first-order valence-electron chi connectivity index (χ1n) is 9.92. The smallest absolute Gasteiger partial charge is 0.253 e. The van der Waals surface area contributed by atoms with Crippen LogP contribution in [0.3, 0.4) is 0 Å². The number of ether oxygens (including phenoxy) is 1. The van der Waals surface area contributed by atoms with Crippen LogP contribution in [0.2, 0.25) is 0 Å². The van der Waals surface area contributed by atoms with Gasteiger partial charge in [0.15, 0.2) is 0 Å². The number of hydrogen-bond donors (Lipinski definition) is 2. The summed E-state index contributed by atoms with van der Waals surface area (Å²) < 4.78 is 32.3. The number of aromatic nitrogens is 1. The maximum absolute atomic E-state index is 12.9. The molecule has 30 heavy (non-hydrogen) atoms. The molecule has 1 aliphatic rings. The van der Waals surface area contributed by atoms with Gasteiger partial charge >= 0.3 is 0 Å². The molecule has 3 aromatic rings. The van der Waals surface area contributed by atoms with Gasteiger partial charge in [0.05, 0.1) is 17.6 Å². The zero-order chi connectivity index (χ0) is 21.3. The number of fused-ring (bicyclic) bond motifs is 1. The topological polar surface area (TPSA) is 91.5 Å². The standard InChI is InChI=1S/C22H25N3O4S/c1-15-21(19-5-3-4-6-20(19)23-15)22(26)24-16-11-13-25(14-12-16)30(27,28)18-9-7-17(29-2)8-10-18/h3-10,16,23H,11-14H2,1-2H3,(H,24,26). The molecule has 8 heteroatoms. The second-order valence-electron chi connectivity index (χ2n) is 7.50. The van der Waals surface area contributed by atoms with Gasteiger partial charge in [0.25, 0.3) is 5.91 Å². The van der Waals surface area contributed by atoms with Crippen molar-refractivity contribution in [2.45, 2.75) is 30.7 Å². The van der Waals surface area contributed by atoms with Crippen molar-refractivity contribution in [2.75, 3.05) is 20.2 Å². The van der Waals surface area contributed by atoms with Crippen molar-refractivity contribution in [3.8, 4) is 5.75 Å². The van der Waals surface area contributed by atoms with Crippen LogP contribution in [-0.4, -0.2) is 49.9 Å². The summed E-state index contributed by atoms with van der Waals surface area (Å²) in [5.74, 6) is 0.490. The Hall–Kier alpha value is -2.84. The second-order valence-corrected chi connectivity index (χ2v) is 9.44. The van der Waals surface area contributed by atoms with Crippen molar-refractivity contribution in [3.05, 3.63) is 59.8 Å². The Morgan fingerprint density at radius 2 is 1.77 bits per heavy atom. The van der Waals surface area contributed by atoms with Gasteiger partial charge in [-0.1, -0.05) is 18.2 Å². The van der Waals surface area contributed by atoms with E-state index < -0.39 is 10.0 Å². The Kier molecular flexibility index (Phi) is 5.53. The number of carbonyl (C=O) groups excluding carboxylic acids is 1. The SMILES string of the molecule is COc1ccc(S(=O)(=O)N2CCC(NC(=O)c3c(C)[nH]c4ccccc34)CC2)cc1. The fraction of sp³-hybridized carbons (Fsp3) is 0.318. The van der Waals surface area contributed by atoms with Crippen LogP contribution in [0.25, 0.3) is 10.9 Å². The molecule has 2 N–H and O–H groups in total. The van der Waals surface area contributed by atoms with Gasteiger partial charge in [0, 0.05) is 35.7 Å². The molecular weight excluding hydrogens is 402 g/mol. The van der Waals surface area contributed by atoms with E-state index in [-0.39, 0.29) is 16.8 Å². The summed E-state index contributed by atoms with van der Waals surface area (Å²) in [5.41, 5.74) is 2.41. The molecule has 7 nitrogen and oxygen atoms in total. The molecule has 1 amide bonds. The summed E-state index contributed by atoms with van der Waals surface area (Å²) in [7, 11) is -2.02. The Morgan fingerprint density at radius 3 is 2.43 bits per heavy atom. The minimum Gasteiger partial charge on any atom is -0.497 e. The molecule has 158 valence electrons. The number of nitrogens with zero attached hydrogens (tertiary/aromatic N) is 1. The Bertz CT molecular complexity index is 1160. The van der Waals surface area contributed by atoms with Gasteiger partial charge in [-0.2, -0.15) is 4.31 Å². The molecule has 0 bridgehead atoms. The number of sulfonamides is 1. The molecule has 4 rings (SSSR count). The quantitative estimate of drug-likeness (QED) is 0.655. The van der Waals surface area contributed by atoms with Crippen molar-refractivity contribution in [2.24, 2.45) is 0 Å². The van der Waals surface area contributed by atoms with Gasteiger partial charge in [-0.05, 0) is 50.1 Å². The van der Waals surface area contributed by atoms with Crippen LogP contribution in [-0.2, 0) is 10.0 Å². The molecule has 0 unspecified atom stereocenters. The molecule has 0 saturated carbocycles. The summed E-state index contributed by atoms with van der Waals surface area (Å²) >= 11 is 0. The van der Waals surface area contributed by atoms with Crippen molar-refractivity contribution >= 4 is 26.8 Å². The van der Waals surface area contributed by atoms with Crippen molar-refractivity contribution in [1.29, 1.82) is 0 Å². The fourth-order valence-corrected chi connectivity index (χ4v) is 5.43. The van der Waals surface area contributed by atoms with Crippen LogP contribution in [0.4, 0.5) is 0 Å². The number of aromatic amines is 1. The number of para-hydroxylation sites is 1. The third-order valence-electron chi connectivity index (χ3n) is 5.61. The van der Waals surface area contributed by atoms with E-state index in [1.807, 2.05) is 31.2 Å². The van der Waals surface area contributed by atoms with Gasteiger partial charge in [-0.3, -0.25) is 4.79 Å². The first kappa shape index (κ1) is 20.4. The average molecular weight is 428 g/mol. The minimum absolute atomic E-state index is 0.0621. The lowest BCUT2D eigenvalue weighted by atomic mass is 10.0. The second kappa shape index (κ2) is 8.12. The molecular formula is C22H25N3O4S.